The van der Waals surface area contributed by atoms with E-state index in [1.807, 2.05) is 0 Å². The number of aromatic hydroxyl groups is 2. The van der Waals surface area contributed by atoms with Gasteiger partial charge in [0.25, 0.3) is 0 Å². The topological polar surface area (TPSA) is 98.7 Å². The van der Waals surface area contributed by atoms with E-state index in [-0.39, 0.29) is 33.5 Å². The monoisotopic (exact) mass is 608 g/mol. The highest BCUT2D eigenvalue weighted by molar-refractivity contribution is 5.81. The van der Waals surface area contributed by atoms with Crippen molar-refractivity contribution in [2.75, 3.05) is 0 Å². The zero-order valence-electron chi connectivity index (χ0n) is 29.7. The van der Waals surface area contributed by atoms with E-state index in [4.69, 9.17) is 0 Å². The Hall–Kier alpha value is -3.02. The first-order valence-corrected chi connectivity index (χ1v) is 16.3. The number of benzene rings is 2. The van der Waals surface area contributed by atoms with Crippen molar-refractivity contribution in [3.05, 3.63) is 57.6 Å². The molecule has 0 atom stereocenters. The SMILES string of the molecule is CC(C)(C)c1cc(CCCCC(=O)NNC(=O)CCCCc2cc(C(C)(C)C)c(O)c(C(C)(C)C)c2)cc(C(C)(C)C)c1O. The van der Waals surface area contributed by atoms with Crippen molar-refractivity contribution in [1.82, 2.24) is 10.9 Å². The van der Waals surface area contributed by atoms with Crippen molar-refractivity contribution in [2.24, 2.45) is 0 Å². The van der Waals surface area contributed by atoms with Crippen LogP contribution in [0, 0.1) is 0 Å². The van der Waals surface area contributed by atoms with Gasteiger partial charge >= 0.3 is 0 Å². The fourth-order valence-corrected chi connectivity index (χ4v) is 5.46. The largest absolute Gasteiger partial charge is 0.507 e. The molecule has 2 rings (SSSR count). The number of rotatable bonds is 10. The third-order valence-corrected chi connectivity index (χ3v) is 8.15. The smallest absolute Gasteiger partial charge is 0.238 e. The average molecular weight is 609 g/mol. The number of hydrogen-bond acceptors (Lipinski definition) is 4. The second-order valence-corrected chi connectivity index (χ2v) is 16.6. The highest BCUT2D eigenvalue weighted by atomic mass is 16.3. The second-order valence-electron chi connectivity index (χ2n) is 16.6. The Morgan fingerprint density at radius 2 is 0.750 bits per heavy atom. The molecule has 0 aliphatic heterocycles. The van der Waals surface area contributed by atoms with Gasteiger partial charge in [-0.1, -0.05) is 107 Å². The molecular weight excluding hydrogens is 548 g/mol. The van der Waals surface area contributed by atoms with Gasteiger partial charge in [0.1, 0.15) is 11.5 Å². The quantitative estimate of drug-likeness (QED) is 0.160. The van der Waals surface area contributed by atoms with Crippen LogP contribution in [0.25, 0.3) is 0 Å². The summed E-state index contributed by atoms with van der Waals surface area (Å²) in [5, 5.41) is 21.9. The van der Waals surface area contributed by atoms with E-state index in [1.165, 1.54) is 11.1 Å². The first-order chi connectivity index (χ1) is 20.0. The van der Waals surface area contributed by atoms with Gasteiger partial charge in [-0.2, -0.15) is 0 Å². The van der Waals surface area contributed by atoms with E-state index < -0.39 is 0 Å². The summed E-state index contributed by atoms with van der Waals surface area (Å²) in [7, 11) is 0. The first-order valence-electron chi connectivity index (χ1n) is 16.3. The van der Waals surface area contributed by atoms with Crippen molar-refractivity contribution in [3.63, 3.8) is 0 Å². The van der Waals surface area contributed by atoms with Crippen LogP contribution in [0.1, 0.15) is 155 Å². The van der Waals surface area contributed by atoms with Gasteiger partial charge in [0.15, 0.2) is 0 Å². The molecule has 0 spiro atoms. The second kappa shape index (κ2) is 14.4. The predicted octanol–water partition coefficient (Wildman–Crippen LogP) is 8.56. The van der Waals surface area contributed by atoms with Gasteiger partial charge in [0, 0.05) is 12.8 Å². The summed E-state index contributed by atoms with van der Waals surface area (Å²) < 4.78 is 0. The molecule has 0 aliphatic carbocycles. The van der Waals surface area contributed by atoms with Crippen LogP contribution >= 0.6 is 0 Å². The fraction of sp³-hybridized carbons (Fsp3) is 0.632. The molecule has 2 aromatic carbocycles. The van der Waals surface area contributed by atoms with Crippen LogP contribution in [0.4, 0.5) is 0 Å². The minimum absolute atomic E-state index is 0.171. The number of unbranched alkanes of at least 4 members (excludes halogenated alkanes) is 2. The Labute approximate surface area is 267 Å². The fourth-order valence-electron chi connectivity index (χ4n) is 5.46. The van der Waals surface area contributed by atoms with E-state index >= 15 is 0 Å². The van der Waals surface area contributed by atoms with Crippen LogP contribution in [0.2, 0.25) is 0 Å². The highest BCUT2D eigenvalue weighted by Crippen LogP contribution is 2.41. The Kier molecular flexibility index (Phi) is 12.2. The van der Waals surface area contributed by atoms with Crippen molar-refractivity contribution in [1.29, 1.82) is 0 Å². The Balaban J connectivity index is 1.81. The van der Waals surface area contributed by atoms with E-state index in [9.17, 15) is 19.8 Å². The number of hydrazine groups is 1. The molecule has 0 fully saturated rings. The first kappa shape index (κ1) is 37.2. The number of carbonyl (C=O) groups excluding carboxylic acids is 2. The molecule has 2 aromatic rings. The maximum atomic E-state index is 12.4. The van der Waals surface area contributed by atoms with Crippen LogP contribution in [0.5, 0.6) is 11.5 Å². The third kappa shape index (κ3) is 10.9. The zero-order valence-corrected chi connectivity index (χ0v) is 29.7. The van der Waals surface area contributed by atoms with Gasteiger partial charge in [0.2, 0.25) is 11.8 Å². The Morgan fingerprint density at radius 1 is 0.500 bits per heavy atom. The van der Waals surface area contributed by atoms with E-state index in [2.05, 4.69) is 118 Å². The lowest BCUT2D eigenvalue weighted by Gasteiger charge is -2.28. The minimum atomic E-state index is -0.191. The van der Waals surface area contributed by atoms with Crippen LogP contribution in [0.15, 0.2) is 24.3 Å². The number of amides is 2. The average Bonchev–Trinajstić information content (AvgIpc) is 2.86. The summed E-state index contributed by atoms with van der Waals surface area (Å²) in [6, 6.07) is 8.39. The lowest BCUT2D eigenvalue weighted by atomic mass is 9.78. The summed E-state index contributed by atoms with van der Waals surface area (Å²) >= 11 is 0. The minimum Gasteiger partial charge on any atom is -0.507 e. The van der Waals surface area contributed by atoms with Crippen molar-refractivity contribution >= 4 is 11.8 Å². The maximum Gasteiger partial charge on any atom is 0.238 e. The van der Waals surface area contributed by atoms with Gasteiger partial charge in [0.05, 0.1) is 0 Å². The molecular formula is C38H60N2O4. The summed E-state index contributed by atoms with van der Waals surface area (Å²) in [6.45, 7) is 25.3. The number of phenolic OH excluding ortho intramolecular Hbond substituents is 2. The van der Waals surface area contributed by atoms with Crippen molar-refractivity contribution < 1.29 is 19.8 Å². The molecule has 0 heterocycles. The van der Waals surface area contributed by atoms with Gasteiger partial charge in [-0.3, -0.25) is 20.4 Å². The van der Waals surface area contributed by atoms with Gasteiger partial charge in [-0.15, -0.1) is 0 Å². The Bertz CT molecular complexity index is 1130. The van der Waals surface area contributed by atoms with E-state index in [0.717, 1.165) is 47.9 Å². The van der Waals surface area contributed by atoms with Crippen LogP contribution in [-0.4, -0.2) is 22.0 Å². The zero-order chi connectivity index (χ0) is 33.7. The van der Waals surface area contributed by atoms with Crippen LogP contribution in [-0.2, 0) is 44.1 Å². The summed E-state index contributed by atoms with van der Waals surface area (Å²) in [5.41, 5.74) is 10.6. The molecule has 6 heteroatoms. The molecule has 0 saturated carbocycles. The Morgan fingerprint density at radius 3 is 0.977 bits per heavy atom. The van der Waals surface area contributed by atoms with Gasteiger partial charge in [-0.25, -0.2) is 0 Å². The number of carbonyl (C=O) groups is 2. The maximum absolute atomic E-state index is 12.4. The molecule has 44 heavy (non-hydrogen) atoms. The molecule has 0 bridgehead atoms. The van der Waals surface area contributed by atoms with Gasteiger partial charge in [-0.05, 0) is 93.6 Å². The number of hydrogen-bond donors (Lipinski definition) is 4. The molecule has 0 radical (unpaired) electrons. The lowest BCUT2D eigenvalue weighted by Crippen LogP contribution is -2.41. The number of nitrogens with one attached hydrogen (secondary N) is 2. The molecule has 0 unspecified atom stereocenters. The number of aryl methyl sites for hydroxylation is 2. The van der Waals surface area contributed by atoms with E-state index in [0.29, 0.717) is 37.2 Å². The third-order valence-electron chi connectivity index (χ3n) is 8.15. The van der Waals surface area contributed by atoms with E-state index in [1.54, 1.807) is 0 Å². The molecule has 0 saturated heterocycles. The molecule has 246 valence electrons. The van der Waals surface area contributed by atoms with Crippen molar-refractivity contribution in [2.45, 2.75) is 156 Å². The molecule has 0 aliphatic rings. The van der Waals surface area contributed by atoms with Crippen molar-refractivity contribution in [3.8, 4) is 11.5 Å². The van der Waals surface area contributed by atoms with Crippen LogP contribution in [0.3, 0.4) is 0 Å². The van der Waals surface area contributed by atoms with Crippen LogP contribution < -0.4 is 10.9 Å². The molecule has 4 N–H and O–H groups in total. The highest BCUT2D eigenvalue weighted by Gasteiger charge is 2.27. The summed E-state index contributed by atoms with van der Waals surface area (Å²) in [5.74, 6) is 0.383. The molecule has 0 aromatic heterocycles. The molecule has 2 amide bonds. The molecule has 6 nitrogen and oxygen atoms in total. The predicted molar refractivity (Wildman–Crippen MR) is 182 cm³/mol. The normalized spacial score (nSPS) is 12.7. The van der Waals surface area contributed by atoms with Gasteiger partial charge < -0.3 is 10.2 Å². The summed E-state index contributed by atoms with van der Waals surface area (Å²) in [4.78, 5) is 24.7. The lowest BCUT2D eigenvalue weighted by molar-refractivity contribution is -0.129. The standard InChI is InChI=1S/C38H60N2O4/c1-35(2,3)27-21-25(22-28(33(27)43)36(4,5)6)17-13-15-19-31(41)39-40-32(42)20-16-14-18-26-23-29(37(7,8)9)34(44)30(24-26)38(10,11)12/h21-24,43-44H,13-20H2,1-12H3,(H,39,41)(H,40,42). The number of phenols is 2. The summed E-state index contributed by atoms with van der Waals surface area (Å²) in [6.07, 6.45) is 5.40.